The molecular weight excluding hydrogens is 262 g/mol. The van der Waals surface area contributed by atoms with Gasteiger partial charge in [-0.25, -0.2) is 0 Å². The lowest BCUT2D eigenvalue weighted by Gasteiger charge is -2.05. The van der Waals surface area contributed by atoms with Crippen LogP contribution >= 0.6 is 0 Å². The predicted octanol–water partition coefficient (Wildman–Crippen LogP) is 4.06. The van der Waals surface area contributed by atoms with Gasteiger partial charge in [0.1, 0.15) is 0 Å². The maximum absolute atomic E-state index is 10.1. The molecule has 0 unspecified atom stereocenters. The van der Waals surface area contributed by atoms with E-state index >= 15 is 0 Å². The number of ether oxygens (including phenoxy) is 1. The van der Waals surface area contributed by atoms with Crippen molar-refractivity contribution in [3.8, 4) is 11.5 Å². The normalized spacial score (nSPS) is 11.3. The van der Waals surface area contributed by atoms with Crippen LogP contribution in [0.2, 0.25) is 0 Å². The molecular formula is C18H17NO2. The van der Waals surface area contributed by atoms with E-state index in [1.54, 1.807) is 13.2 Å². The lowest BCUT2D eigenvalue weighted by molar-refractivity contribution is 0.373. The van der Waals surface area contributed by atoms with Crippen LogP contribution in [0.25, 0.3) is 23.1 Å². The van der Waals surface area contributed by atoms with Crippen molar-refractivity contribution in [2.75, 3.05) is 7.11 Å². The van der Waals surface area contributed by atoms with Gasteiger partial charge in [-0.15, -0.1) is 0 Å². The topological polar surface area (TPSA) is 34.4 Å². The van der Waals surface area contributed by atoms with Crippen molar-refractivity contribution in [1.29, 1.82) is 0 Å². The number of benzene rings is 2. The van der Waals surface area contributed by atoms with Crippen LogP contribution in [-0.2, 0) is 7.05 Å². The number of rotatable bonds is 3. The Kier molecular flexibility index (Phi) is 3.40. The zero-order valence-electron chi connectivity index (χ0n) is 12.1. The van der Waals surface area contributed by atoms with E-state index in [2.05, 4.69) is 22.8 Å². The fourth-order valence-electron chi connectivity index (χ4n) is 2.48. The number of phenols is 1. The van der Waals surface area contributed by atoms with Crippen LogP contribution in [0.5, 0.6) is 11.5 Å². The number of methoxy groups -OCH3 is 1. The first-order valence-electron chi connectivity index (χ1n) is 6.79. The zero-order valence-corrected chi connectivity index (χ0v) is 12.1. The van der Waals surface area contributed by atoms with E-state index in [1.807, 2.05) is 43.5 Å². The Hall–Kier alpha value is -2.68. The number of phenolic OH excluding ortho intramolecular Hbond substituents is 1. The molecule has 0 fully saturated rings. The summed E-state index contributed by atoms with van der Waals surface area (Å²) in [6, 6.07) is 15.8. The Morgan fingerprint density at radius 2 is 1.86 bits per heavy atom. The van der Waals surface area contributed by atoms with Gasteiger partial charge in [-0.05, 0) is 30.4 Å². The fourth-order valence-corrected chi connectivity index (χ4v) is 2.48. The standard InChI is InChI=1S/C18H17NO2/c1-19-15(12-14-6-3-4-8-16(14)19)11-10-13-7-5-9-17(21-2)18(13)20/h3-12,20H,1-2H3/b11-10+. The Morgan fingerprint density at radius 3 is 2.62 bits per heavy atom. The number of fused-ring (bicyclic) bond motifs is 1. The van der Waals surface area contributed by atoms with Crippen LogP contribution in [0.4, 0.5) is 0 Å². The largest absolute Gasteiger partial charge is 0.504 e. The summed E-state index contributed by atoms with van der Waals surface area (Å²) in [5.74, 6) is 0.643. The molecule has 0 atom stereocenters. The van der Waals surface area contributed by atoms with Gasteiger partial charge in [-0.2, -0.15) is 0 Å². The molecule has 0 bridgehead atoms. The lowest BCUT2D eigenvalue weighted by atomic mass is 10.1. The van der Waals surface area contributed by atoms with Gasteiger partial charge in [-0.3, -0.25) is 0 Å². The summed E-state index contributed by atoms with van der Waals surface area (Å²) in [6.45, 7) is 0. The Labute approximate surface area is 123 Å². The van der Waals surface area contributed by atoms with Crippen molar-refractivity contribution in [1.82, 2.24) is 4.57 Å². The van der Waals surface area contributed by atoms with E-state index in [-0.39, 0.29) is 5.75 Å². The summed E-state index contributed by atoms with van der Waals surface area (Å²) < 4.78 is 7.25. The fraction of sp³-hybridized carbons (Fsp3) is 0.111. The molecule has 1 aromatic heterocycles. The number of aromatic hydroxyl groups is 1. The monoisotopic (exact) mass is 279 g/mol. The highest BCUT2D eigenvalue weighted by Crippen LogP contribution is 2.31. The zero-order chi connectivity index (χ0) is 14.8. The molecule has 0 spiro atoms. The Bertz CT molecular complexity index is 815. The van der Waals surface area contributed by atoms with Crippen molar-refractivity contribution in [2.45, 2.75) is 0 Å². The number of hydrogen-bond acceptors (Lipinski definition) is 2. The molecule has 1 heterocycles. The molecule has 0 aliphatic carbocycles. The second-order valence-electron chi connectivity index (χ2n) is 4.92. The van der Waals surface area contributed by atoms with Gasteiger partial charge in [0.15, 0.2) is 11.5 Å². The second kappa shape index (κ2) is 5.37. The van der Waals surface area contributed by atoms with E-state index < -0.39 is 0 Å². The van der Waals surface area contributed by atoms with Gasteiger partial charge in [0.2, 0.25) is 0 Å². The molecule has 2 aromatic carbocycles. The highest BCUT2D eigenvalue weighted by Gasteiger charge is 2.05. The summed E-state index contributed by atoms with van der Waals surface area (Å²) in [7, 11) is 3.58. The average Bonchev–Trinajstić information content (AvgIpc) is 2.83. The van der Waals surface area contributed by atoms with Crippen LogP contribution in [0.1, 0.15) is 11.3 Å². The minimum absolute atomic E-state index is 0.162. The first-order valence-corrected chi connectivity index (χ1v) is 6.79. The summed E-state index contributed by atoms with van der Waals surface area (Å²) in [5, 5.41) is 11.3. The molecule has 0 amide bonds. The van der Waals surface area contributed by atoms with Gasteiger partial charge in [0, 0.05) is 29.2 Å². The molecule has 0 saturated heterocycles. The first kappa shape index (κ1) is 13.3. The molecule has 3 rings (SSSR count). The van der Waals surface area contributed by atoms with Gasteiger partial charge >= 0.3 is 0 Å². The second-order valence-corrected chi connectivity index (χ2v) is 4.92. The quantitative estimate of drug-likeness (QED) is 0.784. The summed E-state index contributed by atoms with van der Waals surface area (Å²) in [5.41, 5.74) is 3.00. The molecule has 1 N–H and O–H groups in total. The van der Waals surface area contributed by atoms with Gasteiger partial charge in [-0.1, -0.05) is 30.3 Å². The van der Waals surface area contributed by atoms with Crippen LogP contribution in [0.3, 0.4) is 0 Å². The summed E-state index contributed by atoms with van der Waals surface area (Å²) >= 11 is 0. The molecule has 0 saturated carbocycles. The van der Waals surface area contributed by atoms with Gasteiger partial charge in [0.05, 0.1) is 7.11 Å². The predicted molar refractivity (Wildman–Crippen MR) is 86.5 cm³/mol. The number of hydrogen-bond donors (Lipinski definition) is 1. The number of aromatic nitrogens is 1. The molecule has 21 heavy (non-hydrogen) atoms. The SMILES string of the molecule is COc1cccc(/C=C/c2cc3ccccc3n2C)c1O. The average molecular weight is 279 g/mol. The van der Waals surface area contributed by atoms with Crippen molar-refractivity contribution >= 4 is 23.1 Å². The van der Waals surface area contributed by atoms with E-state index in [0.717, 1.165) is 11.3 Å². The van der Waals surface area contributed by atoms with Crippen LogP contribution in [-0.4, -0.2) is 16.8 Å². The van der Waals surface area contributed by atoms with Crippen LogP contribution < -0.4 is 4.74 Å². The smallest absolute Gasteiger partial charge is 0.165 e. The molecule has 3 aromatic rings. The molecule has 0 aliphatic heterocycles. The number of nitrogens with zero attached hydrogens (tertiary/aromatic N) is 1. The van der Waals surface area contributed by atoms with Gasteiger partial charge < -0.3 is 14.4 Å². The molecule has 0 aliphatic rings. The third kappa shape index (κ3) is 2.38. The minimum atomic E-state index is 0.162. The maximum atomic E-state index is 10.1. The number of aryl methyl sites for hydroxylation is 1. The Morgan fingerprint density at radius 1 is 1.05 bits per heavy atom. The van der Waals surface area contributed by atoms with E-state index in [4.69, 9.17) is 4.74 Å². The lowest BCUT2D eigenvalue weighted by Crippen LogP contribution is -1.89. The highest BCUT2D eigenvalue weighted by molar-refractivity contribution is 5.85. The summed E-state index contributed by atoms with van der Waals surface area (Å²) in [6.07, 6.45) is 3.89. The summed E-state index contributed by atoms with van der Waals surface area (Å²) in [4.78, 5) is 0. The van der Waals surface area contributed by atoms with Crippen molar-refractivity contribution in [3.05, 3.63) is 59.8 Å². The maximum Gasteiger partial charge on any atom is 0.165 e. The van der Waals surface area contributed by atoms with E-state index in [9.17, 15) is 5.11 Å². The molecule has 3 nitrogen and oxygen atoms in total. The molecule has 3 heteroatoms. The van der Waals surface area contributed by atoms with Crippen LogP contribution in [0.15, 0.2) is 48.5 Å². The van der Waals surface area contributed by atoms with E-state index in [1.165, 1.54) is 10.9 Å². The minimum Gasteiger partial charge on any atom is -0.504 e. The Balaban J connectivity index is 2.00. The highest BCUT2D eigenvalue weighted by atomic mass is 16.5. The third-order valence-electron chi connectivity index (χ3n) is 3.67. The molecule has 0 radical (unpaired) electrons. The van der Waals surface area contributed by atoms with Gasteiger partial charge in [0.25, 0.3) is 0 Å². The van der Waals surface area contributed by atoms with E-state index in [0.29, 0.717) is 5.75 Å². The van der Waals surface area contributed by atoms with Crippen molar-refractivity contribution in [2.24, 2.45) is 7.05 Å². The third-order valence-corrected chi connectivity index (χ3v) is 3.67. The first-order chi connectivity index (χ1) is 10.2. The number of para-hydroxylation sites is 2. The molecule has 106 valence electrons. The van der Waals surface area contributed by atoms with Crippen LogP contribution in [0, 0.1) is 0 Å². The van der Waals surface area contributed by atoms with Crippen molar-refractivity contribution in [3.63, 3.8) is 0 Å². The van der Waals surface area contributed by atoms with Crippen molar-refractivity contribution < 1.29 is 9.84 Å².